The van der Waals surface area contributed by atoms with E-state index >= 15 is 0 Å². The minimum absolute atomic E-state index is 0.0108. The maximum Gasteiger partial charge on any atom is 0.261 e. The van der Waals surface area contributed by atoms with Crippen LogP contribution in [0.15, 0.2) is 59.5 Å². The fraction of sp³-hybridized carbons (Fsp3) is 0.227. The summed E-state index contributed by atoms with van der Waals surface area (Å²) in [6.45, 7) is 1.98. The number of rotatable bonds is 5. The van der Waals surface area contributed by atoms with Crippen LogP contribution in [0.5, 0.6) is 0 Å². The summed E-state index contributed by atoms with van der Waals surface area (Å²) in [5.41, 5.74) is 2.53. The van der Waals surface area contributed by atoms with Crippen molar-refractivity contribution in [2.75, 3.05) is 0 Å². The highest BCUT2D eigenvalue weighted by molar-refractivity contribution is 7.91. The van der Waals surface area contributed by atoms with Crippen LogP contribution in [-0.2, 0) is 22.0 Å². The molecule has 2 aromatic carbocycles. The van der Waals surface area contributed by atoms with Crippen LogP contribution in [0.25, 0.3) is 10.4 Å². The van der Waals surface area contributed by atoms with Crippen LogP contribution in [0, 0.1) is 0 Å². The lowest BCUT2D eigenvalue weighted by atomic mass is 10.1. The first-order chi connectivity index (χ1) is 13.8. The van der Waals surface area contributed by atoms with Gasteiger partial charge in [0.25, 0.3) is 5.91 Å². The fourth-order valence-corrected chi connectivity index (χ4v) is 6.61. The third kappa shape index (κ3) is 4.25. The summed E-state index contributed by atoms with van der Waals surface area (Å²) in [6, 6.07) is 16.7. The van der Waals surface area contributed by atoms with E-state index in [1.807, 2.05) is 25.1 Å². The summed E-state index contributed by atoms with van der Waals surface area (Å²) < 4.78 is 25.2. The van der Waals surface area contributed by atoms with Crippen LogP contribution in [0.3, 0.4) is 0 Å². The molecular formula is C22H20ClNO3S2. The van der Waals surface area contributed by atoms with Crippen LogP contribution in [-0.4, -0.2) is 20.4 Å². The maximum absolute atomic E-state index is 12.7. The molecule has 0 bridgehead atoms. The first-order valence-corrected chi connectivity index (χ1v) is 12.2. The number of benzene rings is 2. The molecule has 150 valence electrons. The molecule has 0 saturated heterocycles. The standard InChI is InChI=1S/C22H20ClNO3S2/c1-14(7-8-15-5-3-2-4-6-15)24-22(25)19-11-16-13-29(26,27)20-12-17(23)9-10-18(20)21(16)28-19/h2-6,9-12,14H,7-8,13H2,1H3,(H,24,25)/t14-/m1/s1. The van der Waals surface area contributed by atoms with Crippen molar-refractivity contribution >= 4 is 38.7 Å². The molecule has 0 spiro atoms. The zero-order valence-electron chi connectivity index (χ0n) is 15.8. The van der Waals surface area contributed by atoms with E-state index < -0.39 is 9.84 Å². The van der Waals surface area contributed by atoms with E-state index in [1.165, 1.54) is 23.0 Å². The molecule has 1 aliphatic heterocycles. The smallest absolute Gasteiger partial charge is 0.261 e. The number of hydrogen-bond acceptors (Lipinski definition) is 4. The third-order valence-electron chi connectivity index (χ3n) is 4.99. The minimum atomic E-state index is -3.46. The Hall–Kier alpha value is -2.15. The average molecular weight is 446 g/mol. The van der Waals surface area contributed by atoms with E-state index in [9.17, 15) is 13.2 Å². The van der Waals surface area contributed by atoms with Crippen LogP contribution in [0.4, 0.5) is 0 Å². The highest BCUT2D eigenvalue weighted by Gasteiger charge is 2.31. The Morgan fingerprint density at radius 2 is 1.93 bits per heavy atom. The zero-order valence-corrected chi connectivity index (χ0v) is 18.2. The second-order valence-electron chi connectivity index (χ2n) is 7.26. The van der Waals surface area contributed by atoms with Gasteiger partial charge in [0.15, 0.2) is 9.84 Å². The van der Waals surface area contributed by atoms with E-state index in [0.29, 0.717) is 21.0 Å². The largest absolute Gasteiger partial charge is 0.349 e. The highest BCUT2D eigenvalue weighted by atomic mass is 35.5. The van der Waals surface area contributed by atoms with Gasteiger partial charge in [-0.3, -0.25) is 4.79 Å². The molecule has 1 atom stereocenters. The molecule has 4 nitrogen and oxygen atoms in total. The van der Waals surface area contributed by atoms with Gasteiger partial charge in [-0.2, -0.15) is 0 Å². The maximum atomic E-state index is 12.7. The Morgan fingerprint density at radius 3 is 2.69 bits per heavy atom. The number of sulfone groups is 1. The average Bonchev–Trinajstić information content (AvgIpc) is 3.10. The van der Waals surface area contributed by atoms with Gasteiger partial charge in [-0.1, -0.05) is 48.0 Å². The number of nitrogens with one attached hydrogen (secondary N) is 1. The summed E-state index contributed by atoms with van der Waals surface area (Å²) >= 11 is 7.32. The van der Waals surface area contributed by atoms with Crippen LogP contribution >= 0.6 is 22.9 Å². The molecule has 3 aromatic rings. The number of carbonyl (C=O) groups is 1. The minimum Gasteiger partial charge on any atom is -0.349 e. The molecule has 0 radical (unpaired) electrons. The molecule has 29 heavy (non-hydrogen) atoms. The van der Waals surface area contributed by atoms with Gasteiger partial charge in [-0.25, -0.2) is 8.42 Å². The molecule has 1 aliphatic rings. The van der Waals surface area contributed by atoms with Gasteiger partial charge in [0.2, 0.25) is 0 Å². The summed E-state index contributed by atoms with van der Waals surface area (Å²) in [6.07, 6.45) is 1.71. The molecule has 1 aromatic heterocycles. The molecule has 0 unspecified atom stereocenters. The second-order valence-corrected chi connectivity index (χ2v) is 10.7. The monoisotopic (exact) mass is 445 g/mol. The topological polar surface area (TPSA) is 63.2 Å². The third-order valence-corrected chi connectivity index (χ3v) is 8.13. The van der Waals surface area contributed by atoms with Gasteiger partial charge in [-0.05, 0) is 49.1 Å². The Bertz CT molecular complexity index is 1170. The van der Waals surface area contributed by atoms with Crippen molar-refractivity contribution in [3.8, 4) is 10.4 Å². The predicted molar refractivity (Wildman–Crippen MR) is 117 cm³/mol. The second kappa shape index (κ2) is 7.94. The summed E-state index contributed by atoms with van der Waals surface area (Å²) in [7, 11) is -3.46. The molecule has 0 fully saturated rings. The van der Waals surface area contributed by atoms with Gasteiger partial charge in [0.05, 0.1) is 15.5 Å². The molecule has 7 heteroatoms. The Labute approximate surface area is 179 Å². The van der Waals surface area contributed by atoms with Gasteiger partial charge >= 0.3 is 0 Å². The van der Waals surface area contributed by atoms with E-state index in [2.05, 4.69) is 17.4 Å². The van der Waals surface area contributed by atoms with Crippen molar-refractivity contribution in [3.05, 3.63) is 75.6 Å². The molecular weight excluding hydrogens is 426 g/mol. The number of amides is 1. The number of fused-ring (bicyclic) bond motifs is 3. The van der Waals surface area contributed by atoms with Crippen molar-refractivity contribution in [2.45, 2.75) is 36.5 Å². The van der Waals surface area contributed by atoms with Crippen LogP contribution < -0.4 is 5.32 Å². The van der Waals surface area contributed by atoms with Crippen molar-refractivity contribution in [1.82, 2.24) is 5.32 Å². The van der Waals surface area contributed by atoms with Gasteiger partial charge in [0.1, 0.15) is 0 Å². The zero-order chi connectivity index (χ0) is 20.6. The normalized spacial score (nSPS) is 15.2. The first kappa shape index (κ1) is 20.1. The SMILES string of the molecule is C[C@H](CCc1ccccc1)NC(=O)c1cc2c(s1)-c1ccc(Cl)cc1S(=O)(=O)C2. The Morgan fingerprint density at radius 1 is 1.17 bits per heavy atom. The molecule has 0 saturated carbocycles. The number of thiophene rings is 1. The van der Waals surface area contributed by atoms with Gasteiger partial charge in [-0.15, -0.1) is 11.3 Å². The number of aryl methyl sites for hydroxylation is 1. The molecule has 2 heterocycles. The first-order valence-electron chi connectivity index (χ1n) is 9.33. The van der Waals surface area contributed by atoms with Crippen LogP contribution in [0.1, 0.15) is 34.1 Å². The highest BCUT2D eigenvalue weighted by Crippen LogP contribution is 2.43. The quantitative estimate of drug-likeness (QED) is 0.593. The van der Waals surface area contributed by atoms with E-state index in [1.54, 1.807) is 18.2 Å². The Kier molecular flexibility index (Phi) is 5.51. The van der Waals surface area contributed by atoms with E-state index in [0.717, 1.165) is 17.7 Å². The van der Waals surface area contributed by atoms with Crippen molar-refractivity contribution < 1.29 is 13.2 Å². The lowest BCUT2D eigenvalue weighted by Crippen LogP contribution is -2.32. The summed E-state index contributed by atoms with van der Waals surface area (Å²) in [5.74, 6) is -0.277. The van der Waals surface area contributed by atoms with Crippen molar-refractivity contribution in [2.24, 2.45) is 0 Å². The lowest BCUT2D eigenvalue weighted by Gasteiger charge is -2.16. The van der Waals surface area contributed by atoms with Crippen molar-refractivity contribution in [1.29, 1.82) is 0 Å². The van der Waals surface area contributed by atoms with Crippen molar-refractivity contribution in [3.63, 3.8) is 0 Å². The molecule has 4 rings (SSSR count). The predicted octanol–water partition coefficient (Wildman–Crippen LogP) is 5.11. The van der Waals surface area contributed by atoms with Gasteiger partial charge in [0, 0.05) is 21.5 Å². The Balaban J connectivity index is 1.51. The fourth-order valence-electron chi connectivity index (χ4n) is 3.49. The van der Waals surface area contributed by atoms with E-state index in [4.69, 9.17) is 11.6 Å². The van der Waals surface area contributed by atoms with Crippen LogP contribution in [0.2, 0.25) is 5.02 Å². The summed E-state index contributed by atoms with van der Waals surface area (Å²) in [4.78, 5) is 14.3. The van der Waals surface area contributed by atoms with E-state index in [-0.39, 0.29) is 22.6 Å². The number of hydrogen-bond donors (Lipinski definition) is 1. The molecule has 0 aliphatic carbocycles. The number of carbonyl (C=O) groups excluding carboxylic acids is 1. The summed E-state index contributed by atoms with van der Waals surface area (Å²) in [5, 5.41) is 3.42. The molecule has 1 N–H and O–H groups in total. The molecule has 1 amide bonds. The number of halogens is 1. The van der Waals surface area contributed by atoms with Gasteiger partial charge < -0.3 is 5.32 Å². The lowest BCUT2D eigenvalue weighted by molar-refractivity contribution is 0.0942.